The fourth-order valence-electron chi connectivity index (χ4n) is 5.86. The van der Waals surface area contributed by atoms with E-state index in [0.717, 1.165) is 37.1 Å². The van der Waals surface area contributed by atoms with Crippen molar-refractivity contribution in [3.8, 4) is 11.5 Å². The maximum absolute atomic E-state index is 14.4. The van der Waals surface area contributed by atoms with E-state index < -0.39 is 6.04 Å². The zero-order valence-corrected chi connectivity index (χ0v) is 28.5. The van der Waals surface area contributed by atoms with Gasteiger partial charge in [-0.2, -0.15) is 0 Å². The molecule has 3 aromatic rings. The van der Waals surface area contributed by atoms with Crippen molar-refractivity contribution in [3.05, 3.63) is 89.5 Å². The van der Waals surface area contributed by atoms with Crippen LogP contribution in [0.15, 0.2) is 72.8 Å². The molecule has 0 unspecified atom stereocenters. The van der Waals surface area contributed by atoms with Crippen LogP contribution in [0.4, 0.5) is 5.69 Å². The maximum atomic E-state index is 14.4. The average molecular weight is 646 g/mol. The van der Waals surface area contributed by atoms with Crippen LogP contribution < -0.4 is 14.8 Å². The molecule has 47 heavy (non-hydrogen) atoms. The fourth-order valence-corrected chi connectivity index (χ4v) is 5.86. The largest absolute Gasteiger partial charge is 0.497 e. The van der Waals surface area contributed by atoms with Crippen LogP contribution in [0.5, 0.6) is 11.5 Å². The third-order valence-electron chi connectivity index (χ3n) is 8.65. The van der Waals surface area contributed by atoms with Crippen LogP contribution in [0.25, 0.3) is 0 Å². The number of rotatable bonds is 10. The van der Waals surface area contributed by atoms with Crippen LogP contribution in [-0.4, -0.2) is 85.4 Å². The summed E-state index contributed by atoms with van der Waals surface area (Å²) in [4.78, 5) is 31.2. The van der Waals surface area contributed by atoms with Crippen LogP contribution in [0, 0.1) is 5.92 Å². The Morgan fingerprint density at radius 3 is 2.51 bits per heavy atom. The molecule has 1 aliphatic heterocycles. The monoisotopic (exact) mass is 645 g/mol. The van der Waals surface area contributed by atoms with Gasteiger partial charge in [0, 0.05) is 37.8 Å². The summed E-state index contributed by atoms with van der Waals surface area (Å²) < 4.78 is 18.1. The standard InChI is InChI=1S/C38H51N3O6/c1-27-23-41(28(2)26-42)38(44)34-22-32(39-37(43)21-30-12-7-6-8-13-30)16-19-35(34)47-29(3)11-9-10-20-46-36(27)25-40(4)24-31-14-17-33(45-5)18-15-31/h6-8,12-19,22,27-29,36,42H,9-11,20-21,23-26H2,1-5H3,(H,39,43)/t27-,28-,29+,36+/m1/s1. The Balaban J connectivity index is 1.57. The zero-order chi connectivity index (χ0) is 33.8. The molecule has 0 spiro atoms. The van der Waals surface area contributed by atoms with Gasteiger partial charge in [0.2, 0.25) is 5.91 Å². The highest BCUT2D eigenvalue weighted by atomic mass is 16.5. The molecule has 0 aromatic heterocycles. The van der Waals surface area contributed by atoms with Crippen molar-refractivity contribution in [1.82, 2.24) is 9.80 Å². The summed E-state index contributed by atoms with van der Waals surface area (Å²) in [5.41, 5.74) is 2.94. The highest BCUT2D eigenvalue weighted by molar-refractivity contribution is 6.00. The van der Waals surface area contributed by atoms with Gasteiger partial charge in [-0.15, -0.1) is 0 Å². The molecule has 4 atom stereocenters. The lowest BCUT2D eigenvalue weighted by Crippen LogP contribution is -2.47. The van der Waals surface area contributed by atoms with E-state index in [4.69, 9.17) is 14.2 Å². The van der Waals surface area contributed by atoms with Crippen LogP contribution in [-0.2, 0) is 22.5 Å². The summed E-state index contributed by atoms with van der Waals surface area (Å²) in [5, 5.41) is 13.2. The van der Waals surface area contributed by atoms with E-state index in [1.165, 1.54) is 5.56 Å². The molecule has 9 nitrogen and oxygen atoms in total. The molecular formula is C38H51N3O6. The number of fused-ring (bicyclic) bond motifs is 1. The third-order valence-corrected chi connectivity index (χ3v) is 8.65. The van der Waals surface area contributed by atoms with Gasteiger partial charge in [0.1, 0.15) is 11.5 Å². The zero-order valence-electron chi connectivity index (χ0n) is 28.5. The molecule has 0 radical (unpaired) electrons. The molecule has 254 valence electrons. The minimum Gasteiger partial charge on any atom is -0.497 e. The SMILES string of the molecule is COc1ccc(CN(C)C[C@@H]2OCCCC[C@H](C)Oc3ccc(NC(=O)Cc4ccccc4)cc3C(=O)N([C@H](C)CO)C[C@H]2C)cc1. The second kappa shape index (κ2) is 17.8. The van der Waals surface area contributed by atoms with Crippen LogP contribution in [0.1, 0.15) is 61.5 Å². The number of aliphatic hydroxyl groups is 1. The molecule has 2 amide bonds. The number of carbonyl (C=O) groups excluding carboxylic acids is 2. The number of ether oxygens (including phenoxy) is 3. The summed E-state index contributed by atoms with van der Waals surface area (Å²) >= 11 is 0. The predicted molar refractivity (Wildman–Crippen MR) is 185 cm³/mol. The van der Waals surface area contributed by atoms with E-state index >= 15 is 0 Å². The van der Waals surface area contributed by atoms with E-state index in [-0.39, 0.29) is 43.0 Å². The molecule has 9 heteroatoms. The Morgan fingerprint density at radius 2 is 1.81 bits per heavy atom. The molecule has 0 fully saturated rings. The first-order valence-electron chi connectivity index (χ1n) is 16.7. The molecule has 0 bridgehead atoms. The Hall–Kier alpha value is -3.92. The summed E-state index contributed by atoms with van der Waals surface area (Å²) in [6, 6.07) is 22.4. The van der Waals surface area contributed by atoms with Crippen molar-refractivity contribution >= 4 is 17.5 Å². The van der Waals surface area contributed by atoms with Crippen molar-refractivity contribution < 1.29 is 28.9 Å². The molecule has 4 rings (SSSR count). The highest BCUT2D eigenvalue weighted by Gasteiger charge is 2.30. The third kappa shape index (κ3) is 10.8. The number of hydrogen-bond acceptors (Lipinski definition) is 7. The minimum atomic E-state index is -0.447. The Bertz CT molecular complexity index is 1420. The number of likely N-dealkylation sites (N-methyl/N-ethyl adjacent to an activating group) is 1. The lowest BCUT2D eigenvalue weighted by atomic mass is 10.0. The molecular weight excluding hydrogens is 594 g/mol. The second-order valence-corrected chi connectivity index (χ2v) is 12.8. The van der Waals surface area contributed by atoms with Crippen molar-refractivity contribution in [3.63, 3.8) is 0 Å². The van der Waals surface area contributed by atoms with Gasteiger partial charge >= 0.3 is 0 Å². The first kappa shape index (κ1) is 35.9. The van der Waals surface area contributed by atoms with E-state index in [2.05, 4.69) is 36.3 Å². The molecule has 1 aliphatic rings. The van der Waals surface area contributed by atoms with E-state index in [0.29, 0.717) is 36.7 Å². The first-order chi connectivity index (χ1) is 22.7. The number of nitrogens with zero attached hydrogens (tertiary/aromatic N) is 2. The molecule has 2 N–H and O–H groups in total. The lowest BCUT2D eigenvalue weighted by Gasteiger charge is -2.36. The summed E-state index contributed by atoms with van der Waals surface area (Å²) in [7, 11) is 3.74. The fraction of sp³-hybridized carbons (Fsp3) is 0.474. The second-order valence-electron chi connectivity index (χ2n) is 12.8. The van der Waals surface area contributed by atoms with Crippen molar-refractivity contribution in [2.75, 3.05) is 45.8 Å². The van der Waals surface area contributed by atoms with E-state index in [1.54, 1.807) is 30.2 Å². The first-order valence-corrected chi connectivity index (χ1v) is 16.7. The topological polar surface area (TPSA) is 101 Å². The number of aliphatic hydroxyl groups excluding tert-OH is 1. The Kier molecular flexibility index (Phi) is 13.6. The van der Waals surface area contributed by atoms with Gasteiger partial charge in [0.15, 0.2) is 0 Å². The number of nitrogens with one attached hydrogen (secondary N) is 1. The molecule has 0 saturated heterocycles. The number of benzene rings is 3. The van der Waals surface area contributed by atoms with Gasteiger partial charge in [-0.25, -0.2) is 0 Å². The quantitative estimate of drug-likeness (QED) is 0.287. The smallest absolute Gasteiger partial charge is 0.258 e. The number of amides is 2. The van der Waals surface area contributed by atoms with Crippen molar-refractivity contribution in [2.24, 2.45) is 5.92 Å². The number of anilines is 1. The number of hydrogen-bond donors (Lipinski definition) is 2. The Labute approximate surface area is 279 Å². The van der Waals surface area contributed by atoms with Gasteiger partial charge in [-0.3, -0.25) is 14.5 Å². The molecule has 0 aliphatic carbocycles. The summed E-state index contributed by atoms with van der Waals surface area (Å²) in [6.45, 7) is 8.16. The number of methoxy groups -OCH3 is 1. The minimum absolute atomic E-state index is 0.0359. The summed E-state index contributed by atoms with van der Waals surface area (Å²) in [6.07, 6.45) is 2.58. The van der Waals surface area contributed by atoms with E-state index in [1.807, 2.05) is 56.3 Å². The van der Waals surface area contributed by atoms with Crippen molar-refractivity contribution in [2.45, 2.75) is 71.2 Å². The van der Waals surface area contributed by atoms with Gasteiger partial charge in [0.05, 0.1) is 44.0 Å². The average Bonchev–Trinajstić information content (AvgIpc) is 3.06. The van der Waals surface area contributed by atoms with Gasteiger partial charge < -0.3 is 29.5 Å². The van der Waals surface area contributed by atoms with Crippen molar-refractivity contribution in [1.29, 1.82) is 0 Å². The highest BCUT2D eigenvalue weighted by Crippen LogP contribution is 2.29. The predicted octanol–water partition coefficient (Wildman–Crippen LogP) is 5.80. The number of carbonyl (C=O) groups is 2. The van der Waals surface area contributed by atoms with Gasteiger partial charge in [0.25, 0.3) is 5.91 Å². The Morgan fingerprint density at radius 1 is 1.06 bits per heavy atom. The maximum Gasteiger partial charge on any atom is 0.258 e. The molecule has 1 heterocycles. The van der Waals surface area contributed by atoms with Crippen LogP contribution in [0.2, 0.25) is 0 Å². The van der Waals surface area contributed by atoms with Gasteiger partial charge in [-0.05, 0) is 81.6 Å². The van der Waals surface area contributed by atoms with Crippen LogP contribution in [0.3, 0.4) is 0 Å². The van der Waals surface area contributed by atoms with Gasteiger partial charge in [-0.1, -0.05) is 49.4 Å². The molecule has 0 saturated carbocycles. The lowest BCUT2D eigenvalue weighted by molar-refractivity contribution is -0.115. The normalized spacial score (nSPS) is 20.1. The molecule has 3 aromatic carbocycles. The summed E-state index contributed by atoms with van der Waals surface area (Å²) in [5.74, 6) is 0.820. The van der Waals surface area contributed by atoms with E-state index in [9.17, 15) is 14.7 Å². The van der Waals surface area contributed by atoms with Crippen LogP contribution >= 0.6 is 0 Å².